The Morgan fingerprint density at radius 2 is 2.00 bits per heavy atom. The van der Waals surface area contributed by atoms with Crippen molar-refractivity contribution in [1.29, 1.82) is 0 Å². The third-order valence-corrected chi connectivity index (χ3v) is 2.43. The Kier molecular flexibility index (Phi) is 3.97. The van der Waals surface area contributed by atoms with E-state index in [9.17, 15) is 4.39 Å². The smallest absolute Gasteiger partial charge is 0.207 e. The Hall–Kier alpha value is -0.520. The molecule has 0 saturated heterocycles. The van der Waals surface area contributed by atoms with Crippen molar-refractivity contribution in [2.45, 2.75) is 20.0 Å². The molecular weight excluding hydrogens is 298 g/mol. The highest BCUT2D eigenvalue weighted by atomic mass is 127. The average molecular weight is 310 g/mol. The van der Waals surface area contributed by atoms with Crippen molar-refractivity contribution in [1.82, 2.24) is 0 Å². The van der Waals surface area contributed by atoms with Gasteiger partial charge in [0, 0.05) is 0 Å². The predicted molar refractivity (Wildman–Crippen MR) is 61.4 cm³/mol. The van der Waals surface area contributed by atoms with Crippen molar-refractivity contribution in [3.05, 3.63) is 21.5 Å². The van der Waals surface area contributed by atoms with Gasteiger partial charge in [0.1, 0.15) is 0 Å². The van der Waals surface area contributed by atoms with Crippen molar-refractivity contribution in [3.8, 4) is 11.5 Å². The molecule has 78 valence electrons. The van der Waals surface area contributed by atoms with Crippen LogP contribution in [0.25, 0.3) is 0 Å². The molecule has 0 radical (unpaired) electrons. The summed E-state index contributed by atoms with van der Waals surface area (Å²) in [6.07, 6.45) is -0.0470. The van der Waals surface area contributed by atoms with Crippen molar-refractivity contribution < 1.29 is 13.9 Å². The van der Waals surface area contributed by atoms with Crippen LogP contribution in [-0.2, 0) is 0 Å². The molecule has 0 aliphatic rings. The molecule has 0 fully saturated rings. The lowest BCUT2D eigenvalue weighted by molar-refractivity contribution is 0.227. The van der Waals surface area contributed by atoms with Crippen LogP contribution in [0.4, 0.5) is 4.39 Å². The van der Waals surface area contributed by atoms with E-state index in [0.29, 0.717) is 0 Å². The van der Waals surface area contributed by atoms with Crippen molar-refractivity contribution in [2.24, 2.45) is 0 Å². The molecule has 0 bridgehead atoms. The predicted octanol–water partition coefficient (Wildman–Crippen LogP) is 3.23. The van der Waals surface area contributed by atoms with Crippen LogP contribution in [0.1, 0.15) is 13.8 Å². The summed E-state index contributed by atoms with van der Waals surface area (Å²) in [7, 11) is 1.44. The van der Waals surface area contributed by atoms with Crippen LogP contribution in [0, 0.1) is 9.39 Å². The topological polar surface area (TPSA) is 18.5 Å². The third-order valence-electron chi connectivity index (χ3n) is 1.58. The van der Waals surface area contributed by atoms with Gasteiger partial charge in [-0.1, -0.05) is 0 Å². The first kappa shape index (κ1) is 11.6. The van der Waals surface area contributed by atoms with E-state index < -0.39 is 5.82 Å². The molecule has 1 aromatic carbocycles. The fourth-order valence-corrected chi connectivity index (χ4v) is 1.68. The fraction of sp³-hybridized carbons (Fsp3) is 0.400. The summed E-state index contributed by atoms with van der Waals surface area (Å²) in [4.78, 5) is 0. The lowest BCUT2D eigenvalue weighted by Crippen LogP contribution is -2.07. The molecule has 1 rings (SSSR count). The summed E-state index contributed by atoms with van der Waals surface area (Å²) in [5.74, 6) is 0.0362. The fourth-order valence-electron chi connectivity index (χ4n) is 1.05. The average Bonchev–Trinajstić information content (AvgIpc) is 2.10. The van der Waals surface area contributed by atoms with Crippen LogP contribution in [0.5, 0.6) is 11.5 Å². The van der Waals surface area contributed by atoms with Gasteiger partial charge >= 0.3 is 0 Å². The first-order valence-corrected chi connectivity index (χ1v) is 5.32. The number of halogens is 2. The van der Waals surface area contributed by atoms with E-state index >= 15 is 0 Å². The maximum atomic E-state index is 13.6. The first-order valence-electron chi connectivity index (χ1n) is 4.25. The second-order valence-corrected chi connectivity index (χ2v) is 4.22. The van der Waals surface area contributed by atoms with Crippen molar-refractivity contribution >= 4 is 22.6 Å². The molecule has 4 heteroatoms. The molecule has 14 heavy (non-hydrogen) atoms. The number of rotatable bonds is 3. The maximum absolute atomic E-state index is 13.6. The Balaban J connectivity index is 3.08. The minimum Gasteiger partial charge on any atom is -0.492 e. The number of hydrogen-bond donors (Lipinski definition) is 0. The maximum Gasteiger partial charge on any atom is 0.207 e. The van der Waals surface area contributed by atoms with Crippen LogP contribution in [0.3, 0.4) is 0 Å². The summed E-state index contributed by atoms with van der Waals surface area (Å²) in [5.41, 5.74) is 0. The number of benzene rings is 1. The van der Waals surface area contributed by atoms with Gasteiger partial charge in [0.05, 0.1) is 16.8 Å². The van der Waals surface area contributed by atoms with E-state index in [-0.39, 0.29) is 17.6 Å². The highest BCUT2D eigenvalue weighted by molar-refractivity contribution is 14.1. The zero-order valence-corrected chi connectivity index (χ0v) is 10.5. The monoisotopic (exact) mass is 310 g/mol. The van der Waals surface area contributed by atoms with E-state index in [1.807, 2.05) is 36.4 Å². The highest BCUT2D eigenvalue weighted by Gasteiger charge is 2.14. The van der Waals surface area contributed by atoms with Crippen LogP contribution >= 0.6 is 22.6 Å². The zero-order chi connectivity index (χ0) is 10.7. The van der Waals surface area contributed by atoms with Crippen molar-refractivity contribution in [2.75, 3.05) is 7.11 Å². The van der Waals surface area contributed by atoms with Crippen LogP contribution < -0.4 is 9.47 Å². The summed E-state index contributed by atoms with van der Waals surface area (Å²) in [5, 5.41) is 0. The summed E-state index contributed by atoms with van der Waals surface area (Å²) >= 11 is 2.02. The molecule has 0 spiro atoms. The third kappa shape index (κ3) is 2.50. The van der Waals surface area contributed by atoms with Gasteiger partial charge in [-0.05, 0) is 48.6 Å². The van der Waals surface area contributed by atoms with Gasteiger partial charge in [0.2, 0.25) is 5.82 Å². The van der Waals surface area contributed by atoms with E-state index in [1.165, 1.54) is 7.11 Å². The molecule has 0 saturated carbocycles. The molecule has 0 amide bonds. The Morgan fingerprint density at radius 3 is 2.50 bits per heavy atom. The largest absolute Gasteiger partial charge is 0.492 e. The lowest BCUT2D eigenvalue weighted by atomic mass is 10.3. The Morgan fingerprint density at radius 1 is 1.36 bits per heavy atom. The van der Waals surface area contributed by atoms with Gasteiger partial charge in [0.15, 0.2) is 11.5 Å². The van der Waals surface area contributed by atoms with Crippen LogP contribution in [-0.4, -0.2) is 13.2 Å². The SMILES string of the molecule is COc1c(I)ccc(OC(C)C)c1F. The van der Waals surface area contributed by atoms with E-state index in [4.69, 9.17) is 9.47 Å². The summed E-state index contributed by atoms with van der Waals surface area (Å²) < 4.78 is 24.6. The lowest BCUT2D eigenvalue weighted by Gasteiger charge is -2.13. The second-order valence-electron chi connectivity index (χ2n) is 3.06. The molecule has 2 nitrogen and oxygen atoms in total. The summed E-state index contributed by atoms with van der Waals surface area (Å²) in [6.45, 7) is 3.70. The molecule has 0 aliphatic carbocycles. The zero-order valence-electron chi connectivity index (χ0n) is 8.30. The minimum absolute atomic E-state index is 0.0470. The minimum atomic E-state index is -0.437. The Bertz CT molecular complexity index is 326. The standard InChI is InChI=1S/C10H12FIO2/c1-6(2)14-8-5-4-7(12)10(13-3)9(8)11/h4-6H,1-3H3. The molecule has 1 aromatic rings. The molecule has 0 aromatic heterocycles. The van der Waals surface area contributed by atoms with Gasteiger partial charge in [-0.2, -0.15) is 4.39 Å². The van der Waals surface area contributed by atoms with E-state index in [2.05, 4.69) is 0 Å². The van der Waals surface area contributed by atoms with E-state index in [0.717, 1.165) is 3.57 Å². The normalized spacial score (nSPS) is 10.4. The Labute approximate surface area is 96.5 Å². The van der Waals surface area contributed by atoms with Crippen LogP contribution in [0.2, 0.25) is 0 Å². The number of methoxy groups -OCH3 is 1. The molecule has 0 atom stereocenters. The molecular formula is C10H12FIO2. The highest BCUT2D eigenvalue weighted by Crippen LogP contribution is 2.31. The molecule has 0 heterocycles. The summed E-state index contributed by atoms with van der Waals surface area (Å²) in [6, 6.07) is 3.37. The van der Waals surface area contributed by atoms with E-state index in [1.54, 1.807) is 12.1 Å². The molecule has 0 unspecified atom stereocenters. The second kappa shape index (κ2) is 4.82. The molecule has 0 N–H and O–H groups in total. The molecule has 0 aliphatic heterocycles. The van der Waals surface area contributed by atoms with Gasteiger partial charge < -0.3 is 9.47 Å². The van der Waals surface area contributed by atoms with Crippen molar-refractivity contribution in [3.63, 3.8) is 0 Å². The van der Waals surface area contributed by atoms with Gasteiger partial charge in [-0.25, -0.2) is 0 Å². The number of hydrogen-bond acceptors (Lipinski definition) is 2. The van der Waals surface area contributed by atoms with Gasteiger partial charge in [-0.3, -0.25) is 0 Å². The van der Waals surface area contributed by atoms with Gasteiger partial charge in [-0.15, -0.1) is 0 Å². The number of ether oxygens (including phenoxy) is 2. The van der Waals surface area contributed by atoms with Crippen LogP contribution in [0.15, 0.2) is 12.1 Å². The first-order chi connectivity index (χ1) is 6.56. The van der Waals surface area contributed by atoms with Gasteiger partial charge in [0.25, 0.3) is 0 Å². The quantitative estimate of drug-likeness (QED) is 0.798.